The molecule has 2 amide bonds. The lowest BCUT2D eigenvalue weighted by atomic mass is 9.50. The molecule has 0 spiro atoms. The van der Waals surface area contributed by atoms with Crippen molar-refractivity contribution in [3.8, 4) is 5.88 Å². The Labute approximate surface area is 223 Å². The van der Waals surface area contributed by atoms with Gasteiger partial charge in [-0.3, -0.25) is 9.59 Å². The van der Waals surface area contributed by atoms with Crippen LogP contribution >= 0.6 is 0 Å². The second-order valence-corrected chi connectivity index (χ2v) is 11.7. The van der Waals surface area contributed by atoms with Gasteiger partial charge in [0, 0.05) is 43.5 Å². The highest BCUT2D eigenvalue weighted by Crippen LogP contribution is 2.62. The number of pyridine rings is 1. The van der Waals surface area contributed by atoms with Crippen LogP contribution in [0.4, 0.5) is 24.5 Å². The molecule has 3 aliphatic heterocycles. The number of aromatic nitrogens is 1. The molecular formula is C27H29F3N6O3. The number of hydrogen-bond acceptors (Lipinski definition) is 7. The SMILES string of the molecule is C[C@]12CN(C(=O)c3cnc(OCC(F)(F)F)c(C4CC4)c3)C[C@H]1[C@@H]1CN(C(=O)c3ccc4c(c3)NNN4)C[C@@H]12. The molecule has 0 unspecified atom stereocenters. The van der Waals surface area contributed by atoms with E-state index in [1.54, 1.807) is 6.07 Å². The number of ether oxygens (including phenoxy) is 1. The largest absolute Gasteiger partial charge is 0.468 e. The van der Waals surface area contributed by atoms with Crippen LogP contribution in [-0.4, -0.2) is 65.6 Å². The van der Waals surface area contributed by atoms with Crippen molar-refractivity contribution in [3.63, 3.8) is 0 Å². The number of benzene rings is 1. The molecule has 1 aromatic carbocycles. The molecule has 7 rings (SSSR count). The fourth-order valence-electron chi connectivity index (χ4n) is 7.16. The van der Waals surface area contributed by atoms with Crippen LogP contribution in [0.1, 0.15) is 52.0 Å². The van der Waals surface area contributed by atoms with Crippen molar-refractivity contribution in [2.45, 2.75) is 31.9 Å². The number of rotatable bonds is 5. The highest BCUT2D eigenvalue weighted by molar-refractivity contribution is 5.97. The van der Waals surface area contributed by atoms with Gasteiger partial charge in [-0.25, -0.2) is 4.98 Å². The first-order chi connectivity index (χ1) is 18.6. The van der Waals surface area contributed by atoms with Crippen LogP contribution in [-0.2, 0) is 0 Å². The quantitative estimate of drug-likeness (QED) is 0.531. The lowest BCUT2D eigenvalue weighted by Gasteiger charge is -2.52. The second-order valence-electron chi connectivity index (χ2n) is 11.7. The number of carbonyl (C=O) groups is 2. The van der Waals surface area contributed by atoms with Gasteiger partial charge in [0.25, 0.3) is 11.8 Å². The van der Waals surface area contributed by atoms with E-state index >= 15 is 0 Å². The van der Waals surface area contributed by atoms with Crippen molar-refractivity contribution in [1.29, 1.82) is 0 Å². The van der Waals surface area contributed by atoms with Crippen molar-refractivity contribution in [1.82, 2.24) is 20.3 Å². The van der Waals surface area contributed by atoms with Crippen LogP contribution in [0.3, 0.4) is 0 Å². The first kappa shape index (κ1) is 24.5. The highest BCUT2D eigenvalue weighted by atomic mass is 19.4. The predicted octanol–water partition coefficient (Wildman–Crippen LogP) is 3.64. The minimum absolute atomic E-state index is 0.0158. The van der Waals surface area contributed by atoms with E-state index < -0.39 is 12.8 Å². The molecule has 2 aromatic rings. The Bertz CT molecular complexity index is 1360. The maximum atomic E-state index is 13.5. The molecular weight excluding hydrogens is 513 g/mol. The molecule has 4 fully saturated rings. The van der Waals surface area contributed by atoms with Crippen LogP contribution in [0.5, 0.6) is 5.88 Å². The third kappa shape index (κ3) is 4.07. The van der Waals surface area contributed by atoms with Crippen LogP contribution in [0.2, 0.25) is 0 Å². The average Bonchev–Trinajstić information content (AvgIpc) is 3.38. The molecule has 2 saturated carbocycles. The summed E-state index contributed by atoms with van der Waals surface area (Å²) in [6.45, 7) is 3.33. The summed E-state index contributed by atoms with van der Waals surface area (Å²) >= 11 is 0. The molecule has 5 aliphatic rings. The van der Waals surface area contributed by atoms with E-state index in [1.807, 2.05) is 28.0 Å². The van der Waals surface area contributed by atoms with Gasteiger partial charge in [0.15, 0.2) is 6.61 Å². The number of carbonyl (C=O) groups excluding carboxylic acids is 2. The van der Waals surface area contributed by atoms with E-state index in [-0.39, 0.29) is 29.0 Å². The first-order valence-electron chi connectivity index (χ1n) is 13.3. The summed E-state index contributed by atoms with van der Waals surface area (Å²) < 4.78 is 43.0. The van der Waals surface area contributed by atoms with Crippen LogP contribution in [0, 0.1) is 23.2 Å². The van der Waals surface area contributed by atoms with Gasteiger partial charge in [-0.1, -0.05) is 6.92 Å². The number of halogens is 3. The van der Waals surface area contributed by atoms with Gasteiger partial charge in [0.05, 0.1) is 16.9 Å². The fraction of sp³-hybridized carbons (Fsp3) is 0.519. The highest BCUT2D eigenvalue weighted by Gasteiger charge is 2.66. The van der Waals surface area contributed by atoms with Gasteiger partial charge in [-0.2, -0.15) is 13.2 Å². The number of nitrogens with zero attached hydrogens (tertiary/aromatic N) is 3. The van der Waals surface area contributed by atoms with Crippen molar-refractivity contribution in [2.24, 2.45) is 23.2 Å². The number of nitrogens with one attached hydrogen (secondary N) is 3. The van der Waals surface area contributed by atoms with E-state index in [1.165, 1.54) is 6.20 Å². The zero-order valence-corrected chi connectivity index (χ0v) is 21.3. The monoisotopic (exact) mass is 542 g/mol. The molecule has 12 heteroatoms. The maximum absolute atomic E-state index is 13.5. The van der Waals surface area contributed by atoms with E-state index in [4.69, 9.17) is 4.74 Å². The molecule has 0 radical (unpaired) electrons. The lowest BCUT2D eigenvalue weighted by molar-refractivity contribution is -0.154. The van der Waals surface area contributed by atoms with E-state index in [9.17, 15) is 22.8 Å². The molecule has 0 bridgehead atoms. The third-order valence-corrected chi connectivity index (χ3v) is 9.28. The maximum Gasteiger partial charge on any atom is 0.422 e. The van der Waals surface area contributed by atoms with Crippen molar-refractivity contribution < 1.29 is 27.5 Å². The zero-order chi connectivity index (χ0) is 27.1. The summed E-state index contributed by atoms with van der Waals surface area (Å²) in [4.78, 5) is 34.7. The van der Waals surface area contributed by atoms with Crippen molar-refractivity contribution in [3.05, 3.63) is 47.2 Å². The average molecular weight is 543 g/mol. The molecule has 1 aromatic heterocycles. The zero-order valence-electron chi connectivity index (χ0n) is 21.3. The summed E-state index contributed by atoms with van der Waals surface area (Å²) in [5.41, 5.74) is 12.0. The predicted molar refractivity (Wildman–Crippen MR) is 135 cm³/mol. The van der Waals surface area contributed by atoms with Gasteiger partial charge in [-0.05, 0) is 66.2 Å². The van der Waals surface area contributed by atoms with Gasteiger partial charge < -0.3 is 25.4 Å². The number of hydrogen-bond donors (Lipinski definition) is 3. The normalized spacial score (nSPS) is 28.7. The molecule has 3 N–H and O–H groups in total. The van der Waals surface area contributed by atoms with Gasteiger partial charge >= 0.3 is 6.18 Å². The number of fused-ring (bicyclic) bond motifs is 5. The Balaban J connectivity index is 1.03. The van der Waals surface area contributed by atoms with E-state index in [0.717, 1.165) is 24.2 Å². The minimum Gasteiger partial charge on any atom is -0.468 e. The number of anilines is 2. The number of likely N-dealkylation sites (tertiary alicyclic amines) is 2. The molecule has 4 heterocycles. The van der Waals surface area contributed by atoms with E-state index in [0.29, 0.717) is 60.6 Å². The van der Waals surface area contributed by atoms with Gasteiger partial charge in [0.1, 0.15) is 0 Å². The minimum atomic E-state index is -4.45. The Morgan fingerprint density at radius 3 is 2.49 bits per heavy atom. The number of amides is 2. The van der Waals surface area contributed by atoms with Crippen molar-refractivity contribution >= 4 is 23.2 Å². The molecule has 2 saturated heterocycles. The van der Waals surface area contributed by atoms with Gasteiger partial charge in [0.2, 0.25) is 5.88 Å². The Kier molecular flexibility index (Phi) is 5.33. The fourth-order valence-corrected chi connectivity index (χ4v) is 7.16. The standard InChI is InChI=1S/C27H29F3N6O3/c1-26-12-36(25(38)16-6-17(14-2-3-14)23(31-8-16)39-13-27(28,29)30)11-20(26)18-9-35(10-19(18)26)24(37)15-4-5-21-22(7-15)33-34-32-21/h4-8,14,18-20,32-34H,2-3,9-13H2,1H3/t18-,19+,20+,26-/m1/s1. The molecule has 9 nitrogen and oxygen atoms in total. The Hall–Kier alpha value is -3.54. The molecule has 39 heavy (non-hydrogen) atoms. The summed E-state index contributed by atoms with van der Waals surface area (Å²) in [6, 6.07) is 7.21. The number of alkyl halides is 3. The molecule has 4 atom stereocenters. The molecule has 206 valence electrons. The van der Waals surface area contributed by atoms with Crippen LogP contribution in [0.15, 0.2) is 30.5 Å². The summed E-state index contributed by atoms with van der Waals surface area (Å²) in [5.74, 6) is 0.862. The number of hydrazine groups is 2. The van der Waals surface area contributed by atoms with Crippen LogP contribution < -0.4 is 21.1 Å². The smallest absolute Gasteiger partial charge is 0.422 e. The second kappa shape index (κ2) is 8.48. The van der Waals surface area contributed by atoms with Gasteiger partial charge in [-0.15, -0.1) is 5.53 Å². The van der Waals surface area contributed by atoms with Crippen molar-refractivity contribution in [2.75, 3.05) is 43.6 Å². The van der Waals surface area contributed by atoms with E-state index in [2.05, 4.69) is 28.3 Å². The Morgan fingerprint density at radius 2 is 1.74 bits per heavy atom. The topological polar surface area (TPSA) is 98.8 Å². The van der Waals surface area contributed by atoms with Crippen LogP contribution in [0.25, 0.3) is 0 Å². The first-order valence-corrected chi connectivity index (χ1v) is 13.3. The third-order valence-electron chi connectivity index (χ3n) is 9.28. The molecule has 2 aliphatic carbocycles. The summed E-state index contributed by atoms with van der Waals surface area (Å²) in [5, 5.41) is 0. The summed E-state index contributed by atoms with van der Waals surface area (Å²) in [7, 11) is 0. The lowest BCUT2D eigenvalue weighted by Crippen LogP contribution is -2.53. The summed E-state index contributed by atoms with van der Waals surface area (Å²) in [6.07, 6.45) is -1.42. The Morgan fingerprint density at radius 1 is 1.03 bits per heavy atom.